The number of fused-ring (bicyclic) bond motifs is 2. The minimum absolute atomic E-state index is 0.0752. The van der Waals surface area contributed by atoms with E-state index < -0.39 is 0 Å². The van der Waals surface area contributed by atoms with Gasteiger partial charge in [0, 0.05) is 49.3 Å². The van der Waals surface area contributed by atoms with Crippen LogP contribution >= 0.6 is 11.6 Å². The molecule has 7 heteroatoms. The van der Waals surface area contributed by atoms with Crippen LogP contribution in [-0.2, 0) is 9.59 Å². The first-order valence-electron chi connectivity index (χ1n) is 16.0. The topological polar surface area (TPSA) is 75.2 Å². The van der Waals surface area contributed by atoms with Gasteiger partial charge in [0.1, 0.15) is 11.4 Å². The van der Waals surface area contributed by atoms with E-state index in [2.05, 4.69) is 43.9 Å². The highest BCUT2D eigenvalue weighted by Gasteiger charge is 2.60. The molecule has 4 unspecified atom stereocenters. The monoisotopic (exact) mass is 596 g/mol. The lowest BCUT2D eigenvalue weighted by Gasteiger charge is -2.22. The number of likely N-dealkylation sites (tertiary alicyclic amines) is 1. The van der Waals surface area contributed by atoms with Crippen molar-refractivity contribution < 1.29 is 9.59 Å². The van der Waals surface area contributed by atoms with Gasteiger partial charge < -0.3 is 10.2 Å². The lowest BCUT2D eigenvalue weighted by atomic mass is 10.1. The number of amides is 1. The summed E-state index contributed by atoms with van der Waals surface area (Å²) in [4.78, 5) is 33.4. The summed E-state index contributed by atoms with van der Waals surface area (Å²) < 4.78 is 0. The minimum atomic E-state index is -0.137. The molecule has 1 amide bonds. The number of nitrogens with one attached hydrogen (secondary N) is 1. The Balaban J connectivity index is 0.000000128. The van der Waals surface area contributed by atoms with Crippen LogP contribution in [0.3, 0.4) is 0 Å². The molecule has 2 aromatic rings. The zero-order valence-electron chi connectivity index (χ0n) is 24.9. The van der Waals surface area contributed by atoms with Gasteiger partial charge in [-0.3, -0.25) is 9.59 Å². The Morgan fingerprint density at radius 2 is 1.40 bits per heavy atom. The molecule has 6 aliphatic rings. The molecule has 43 heavy (non-hydrogen) atoms. The molecule has 2 aliphatic heterocycles. The van der Waals surface area contributed by atoms with Crippen molar-refractivity contribution in [3.05, 3.63) is 60.2 Å². The number of carbonyl (C=O) groups excluding carboxylic acids is 2. The van der Waals surface area contributed by atoms with Crippen molar-refractivity contribution in [3.63, 3.8) is 0 Å². The third-order valence-corrected chi connectivity index (χ3v) is 10.4. The van der Waals surface area contributed by atoms with Crippen molar-refractivity contribution in [2.24, 2.45) is 34.5 Å². The number of pyridine rings is 2. The Hall–Kier alpha value is -3.19. The van der Waals surface area contributed by atoms with E-state index in [4.69, 9.17) is 11.6 Å². The summed E-state index contributed by atoms with van der Waals surface area (Å²) in [6, 6.07) is 11.7. The molecule has 0 spiro atoms. The molecule has 0 radical (unpaired) electrons. The molecular weight excluding hydrogens is 556 g/mol. The van der Waals surface area contributed by atoms with E-state index in [9.17, 15) is 9.59 Å². The standard InChI is InChI=1S/C18H20N2O.C12H12N2.C6H9ClO/c21-17(14-5-1-2-6-14)20-12-15-11-18(15,13-20)9-8-16-7-3-4-10-19-16;1-2-6-14-11(3-1)4-5-12-7-10(12)8-13-9-12;7-6(8)5-3-1-2-4-5/h3-4,7,10,14-15H,1-2,5-6,11-13H2;1-3,6,10,13H,7-9H2;5H,1-4H2. The molecule has 8 rings (SSSR count). The minimum Gasteiger partial charge on any atom is -0.341 e. The fraction of sp³-hybridized carbons (Fsp3) is 0.556. The van der Waals surface area contributed by atoms with E-state index in [1.807, 2.05) is 36.4 Å². The first-order chi connectivity index (χ1) is 21.0. The van der Waals surface area contributed by atoms with Gasteiger partial charge in [-0.15, -0.1) is 0 Å². The zero-order chi connectivity index (χ0) is 29.7. The molecule has 4 saturated carbocycles. The third-order valence-electron chi connectivity index (χ3n) is 10.1. The van der Waals surface area contributed by atoms with E-state index in [-0.39, 0.29) is 16.6 Å². The summed E-state index contributed by atoms with van der Waals surface area (Å²) in [5, 5.41) is 3.24. The molecule has 1 N–H and O–H groups in total. The third kappa shape index (κ3) is 7.31. The molecule has 4 heterocycles. The molecule has 0 bridgehead atoms. The van der Waals surface area contributed by atoms with Crippen molar-refractivity contribution in [3.8, 4) is 23.7 Å². The molecule has 2 saturated heterocycles. The van der Waals surface area contributed by atoms with Crippen molar-refractivity contribution in [2.75, 3.05) is 26.2 Å². The van der Waals surface area contributed by atoms with Gasteiger partial charge in [0.2, 0.25) is 11.1 Å². The lowest BCUT2D eigenvalue weighted by Crippen LogP contribution is -2.35. The van der Waals surface area contributed by atoms with E-state index in [0.29, 0.717) is 23.2 Å². The van der Waals surface area contributed by atoms with E-state index in [0.717, 1.165) is 75.6 Å². The summed E-state index contributed by atoms with van der Waals surface area (Å²) in [6.07, 6.45) is 15.0. The highest BCUT2D eigenvalue weighted by molar-refractivity contribution is 6.64. The molecule has 6 nitrogen and oxygen atoms in total. The first kappa shape index (κ1) is 29.9. The summed E-state index contributed by atoms with van der Waals surface area (Å²) in [7, 11) is 0. The summed E-state index contributed by atoms with van der Waals surface area (Å²) in [5.41, 5.74) is 2.10. The van der Waals surface area contributed by atoms with Gasteiger partial charge in [-0.2, -0.15) is 0 Å². The van der Waals surface area contributed by atoms with Crippen LogP contribution in [0.1, 0.15) is 75.6 Å². The maximum absolute atomic E-state index is 12.5. The normalized spacial score (nSPS) is 29.7. The second kappa shape index (κ2) is 13.2. The number of hydrogen-bond acceptors (Lipinski definition) is 5. The second-order valence-corrected chi connectivity index (χ2v) is 13.5. The summed E-state index contributed by atoms with van der Waals surface area (Å²) in [5.74, 6) is 15.4. The Labute approximate surface area is 260 Å². The highest BCUT2D eigenvalue weighted by Crippen LogP contribution is 2.57. The Morgan fingerprint density at radius 1 is 0.814 bits per heavy atom. The number of hydrogen-bond donors (Lipinski definition) is 1. The van der Waals surface area contributed by atoms with Crippen LogP contribution in [0.5, 0.6) is 0 Å². The first-order valence-corrected chi connectivity index (χ1v) is 16.4. The zero-order valence-corrected chi connectivity index (χ0v) is 25.6. The number of aromatic nitrogens is 2. The number of rotatable bonds is 2. The van der Waals surface area contributed by atoms with Crippen molar-refractivity contribution in [1.82, 2.24) is 20.2 Å². The molecular formula is C36H41ClN4O2. The number of carbonyl (C=O) groups is 2. The Bertz CT molecular complexity index is 1420. The van der Waals surface area contributed by atoms with Crippen LogP contribution in [0.15, 0.2) is 48.8 Å². The maximum atomic E-state index is 12.5. The smallest absolute Gasteiger partial charge is 0.225 e. The molecule has 224 valence electrons. The van der Waals surface area contributed by atoms with Gasteiger partial charge in [-0.25, -0.2) is 9.97 Å². The predicted octanol–water partition coefficient (Wildman–Crippen LogP) is 5.46. The van der Waals surface area contributed by atoms with Crippen LogP contribution in [0.2, 0.25) is 0 Å². The van der Waals surface area contributed by atoms with Crippen LogP contribution in [0, 0.1) is 58.2 Å². The maximum Gasteiger partial charge on any atom is 0.225 e. The van der Waals surface area contributed by atoms with Crippen molar-refractivity contribution in [1.29, 1.82) is 0 Å². The van der Waals surface area contributed by atoms with Crippen molar-refractivity contribution >= 4 is 22.8 Å². The fourth-order valence-electron chi connectivity index (χ4n) is 7.21. The van der Waals surface area contributed by atoms with Crippen LogP contribution in [0.25, 0.3) is 0 Å². The Kier molecular flexibility index (Phi) is 9.17. The average molecular weight is 597 g/mol. The lowest BCUT2D eigenvalue weighted by molar-refractivity contribution is -0.134. The summed E-state index contributed by atoms with van der Waals surface area (Å²) in [6.45, 7) is 3.98. The number of nitrogens with zero attached hydrogens (tertiary/aromatic N) is 3. The highest BCUT2D eigenvalue weighted by atomic mass is 35.5. The van der Waals surface area contributed by atoms with E-state index in [1.54, 1.807) is 12.4 Å². The van der Waals surface area contributed by atoms with Gasteiger partial charge in [0.15, 0.2) is 0 Å². The molecule has 4 atom stereocenters. The largest absolute Gasteiger partial charge is 0.341 e. The predicted molar refractivity (Wildman–Crippen MR) is 168 cm³/mol. The second-order valence-electron chi connectivity index (χ2n) is 13.2. The SMILES string of the molecule is C(#CC12CNCC1C2)c1ccccn1.O=C(C1CCCC1)N1CC2CC2(C#Cc2ccccn2)C1.O=C(Cl)C1CCCC1. The van der Waals surface area contributed by atoms with Crippen LogP contribution < -0.4 is 5.32 Å². The van der Waals surface area contributed by atoms with Crippen LogP contribution in [-0.4, -0.2) is 52.2 Å². The fourth-order valence-corrected chi connectivity index (χ4v) is 7.43. The molecule has 6 fully saturated rings. The van der Waals surface area contributed by atoms with Gasteiger partial charge in [-0.1, -0.05) is 49.7 Å². The average Bonchev–Trinajstić information content (AvgIpc) is 3.53. The number of halogens is 1. The summed E-state index contributed by atoms with van der Waals surface area (Å²) >= 11 is 5.25. The van der Waals surface area contributed by atoms with Gasteiger partial charge >= 0.3 is 0 Å². The number of piperidine rings is 2. The molecule has 0 aromatic carbocycles. The van der Waals surface area contributed by atoms with E-state index in [1.165, 1.54) is 32.1 Å². The van der Waals surface area contributed by atoms with Gasteiger partial charge in [-0.05, 0) is 105 Å². The quantitative estimate of drug-likeness (QED) is 0.368. The van der Waals surface area contributed by atoms with Gasteiger partial charge in [0.05, 0.1) is 5.41 Å². The Morgan fingerprint density at radius 3 is 1.88 bits per heavy atom. The molecule has 4 aliphatic carbocycles. The van der Waals surface area contributed by atoms with Crippen LogP contribution in [0.4, 0.5) is 0 Å². The van der Waals surface area contributed by atoms with E-state index >= 15 is 0 Å². The molecule has 2 aromatic heterocycles. The van der Waals surface area contributed by atoms with Gasteiger partial charge in [0.25, 0.3) is 0 Å². The van der Waals surface area contributed by atoms with Crippen molar-refractivity contribution in [2.45, 2.75) is 64.2 Å².